The van der Waals surface area contributed by atoms with Gasteiger partial charge in [-0.3, -0.25) is 4.57 Å². The lowest BCUT2D eigenvalue weighted by molar-refractivity contribution is 0.656. The fourth-order valence-electron chi connectivity index (χ4n) is 12.8. The number of nitrogens with zero attached hydrogens (tertiary/aromatic N) is 4. The Bertz CT molecular complexity index is 4650. The average Bonchev–Trinajstić information content (AvgIpc) is 4.22. The fourth-order valence-corrected chi connectivity index (χ4v) is 14.0. The lowest BCUT2D eigenvalue weighted by Crippen LogP contribution is -2.18. The van der Waals surface area contributed by atoms with Gasteiger partial charge in [-0.15, -0.1) is 11.3 Å². The van der Waals surface area contributed by atoms with E-state index in [2.05, 4.69) is 241 Å². The van der Waals surface area contributed by atoms with E-state index in [9.17, 15) is 0 Å². The highest BCUT2D eigenvalue weighted by Crippen LogP contribution is 2.57. The minimum absolute atomic E-state index is 0.320. The lowest BCUT2D eigenvalue weighted by atomic mass is 9.81. The van der Waals surface area contributed by atoms with E-state index in [1.807, 2.05) is 11.3 Å². The highest BCUT2D eigenvalue weighted by Gasteiger charge is 2.41. The van der Waals surface area contributed by atoms with Gasteiger partial charge in [0.25, 0.3) is 0 Å². The Morgan fingerprint density at radius 1 is 0.403 bits per heavy atom. The van der Waals surface area contributed by atoms with Gasteiger partial charge in [0.1, 0.15) is 0 Å². The number of rotatable bonds is 5. The van der Waals surface area contributed by atoms with Gasteiger partial charge in [0.15, 0.2) is 0 Å². The first kappa shape index (κ1) is 39.9. The number of thiophene rings is 1. The highest BCUT2D eigenvalue weighted by molar-refractivity contribution is 7.25. The molecule has 0 aliphatic heterocycles. The van der Waals surface area contributed by atoms with Crippen molar-refractivity contribution in [1.82, 2.24) is 19.1 Å². The molecule has 4 nitrogen and oxygen atoms in total. The fraction of sp³-hybridized carbons (Fsp3) is 0.0448. The van der Waals surface area contributed by atoms with E-state index < -0.39 is 0 Å². The summed E-state index contributed by atoms with van der Waals surface area (Å²) in [6, 6.07) is 80.3. The second kappa shape index (κ2) is 14.6. The molecule has 2 aliphatic rings. The molecule has 0 spiro atoms. The third-order valence-corrected chi connectivity index (χ3v) is 17.0. The van der Waals surface area contributed by atoms with Crippen molar-refractivity contribution in [2.45, 2.75) is 19.3 Å². The molecular formula is C67H42N4S. The van der Waals surface area contributed by atoms with Crippen molar-refractivity contribution < 1.29 is 0 Å². The van der Waals surface area contributed by atoms with Crippen LogP contribution in [0.4, 0.5) is 0 Å². The van der Waals surface area contributed by atoms with Crippen LogP contribution in [0, 0.1) is 0 Å². The van der Waals surface area contributed by atoms with Crippen molar-refractivity contribution in [3.8, 4) is 78.8 Å². The van der Waals surface area contributed by atoms with E-state index in [4.69, 9.17) is 9.97 Å². The number of fused-ring (bicyclic) bond motifs is 14. The molecule has 0 radical (unpaired) electrons. The number of hydrogen-bond donors (Lipinski definition) is 0. The molecule has 336 valence electrons. The highest BCUT2D eigenvalue weighted by atomic mass is 32.1. The topological polar surface area (TPSA) is 35.6 Å². The normalized spacial score (nSPS) is 13.2. The summed E-state index contributed by atoms with van der Waals surface area (Å²) < 4.78 is 7.51. The summed E-state index contributed by atoms with van der Waals surface area (Å²) in [5, 5.41) is 8.74. The summed E-state index contributed by atoms with van der Waals surface area (Å²) in [5.74, 6) is 0.662. The molecule has 0 unspecified atom stereocenters. The van der Waals surface area contributed by atoms with Crippen LogP contribution < -0.4 is 0 Å². The van der Waals surface area contributed by atoms with Gasteiger partial charge in [0, 0.05) is 86.4 Å². The summed E-state index contributed by atoms with van der Waals surface area (Å²) in [7, 11) is 0. The van der Waals surface area contributed by atoms with Crippen LogP contribution in [0.15, 0.2) is 218 Å². The zero-order valence-corrected chi connectivity index (χ0v) is 40.3. The smallest absolute Gasteiger partial charge is 0.235 e. The summed E-state index contributed by atoms with van der Waals surface area (Å²) in [6.45, 7) is 4.65. The maximum Gasteiger partial charge on any atom is 0.235 e. The number of benzene rings is 10. The quantitative estimate of drug-likeness (QED) is 0.172. The van der Waals surface area contributed by atoms with Gasteiger partial charge in [-0.05, 0) is 63.4 Å². The maximum atomic E-state index is 5.85. The van der Waals surface area contributed by atoms with Gasteiger partial charge >= 0.3 is 0 Å². The zero-order chi connectivity index (χ0) is 47.4. The molecule has 10 aromatic carbocycles. The first-order chi connectivity index (χ1) is 35.5. The minimum Gasteiger partial charge on any atom is -0.309 e. The van der Waals surface area contributed by atoms with Crippen molar-refractivity contribution in [2.75, 3.05) is 0 Å². The second-order valence-corrected chi connectivity index (χ2v) is 21.1. The zero-order valence-electron chi connectivity index (χ0n) is 39.5. The van der Waals surface area contributed by atoms with Crippen LogP contribution in [0.1, 0.15) is 25.0 Å². The van der Waals surface area contributed by atoms with Crippen molar-refractivity contribution in [3.05, 3.63) is 230 Å². The summed E-state index contributed by atoms with van der Waals surface area (Å²) >= 11 is 1.87. The molecule has 4 heterocycles. The Labute approximate surface area is 419 Å². The van der Waals surface area contributed by atoms with Gasteiger partial charge in [0.05, 0.1) is 33.6 Å². The van der Waals surface area contributed by atoms with Crippen molar-refractivity contribution >= 4 is 75.0 Å². The third-order valence-electron chi connectivity index (χ3n) is 15.9. The second-order valence-electron chi connectivity index (χ2n) is 20.0. The predicted octanol–water partition coefficient (Wildman–Crippen LogP) is 18.0. The van der Waals surface area contributed by atoms with E-state index in [1.54, 1.807) is 0 Å². The third kappa shape index (κ3) is 5.30. The molecule has 0 saturated carbocycles. The molecular weight excluding hydrogens is 893 g/mol. The SMILES string of the molecule is CC1(C)c2ccccc2-c2nc(-n3c4c(c5cccc(-c6cccc7c8ccccc8n(-c8ccccc8)c67)c53)-c3ccc(-c5ccc6c(c5)sc5ccccc56)c5cccc-4c35)nc(-c3ccccc3)c21. The molecule has 0 bridgehead atoms. The van der Waals surface area contributed by atoms with Crippen molar-refractivity contribution in [3.63, 3.8) is 0 Å². The Hall–Kier alpha value is -8.90. The van der Waals surface area contributed by atoms with Crippen molar-refractivity contribution in [2.24, 2.45) is 0 Å². The molecule has 0 amide bonds. The largest absolute Gasteiger partial charge is 0.309 e. The first-order valence-corrected chi connectivity index (χ1v) is 25.6. The van der Waals surface area contributed by atoms with Crippen LogP contribution in [0.5, 0.6) is 0 Å². The molecule has 0 saturated heterocycles. The van der Waals surface area contributed by atoms with E-state index >= 15 is 0 Å². The average molecular weight is 935 g/mol. The first-order valence-electron chi connectivity index (χ1n) is 24.8. The molecule has 0 fully saturated rings. The van der Waals surface area contributed by atoms with Crippen molar-refractivity contribution in [1.29, 1.82) is 0 Å². The Kier molecular flexibility index (Phi) is 8.08. The molecule has 0 N–H and O–H groups in total. The van der Waals surface area contributed by atoms with E-state index in [-0.39, 0.29) is 5.41 Å². The maximum absolute atomic E-state index is 5.85. The summed E-state index contributed by atoms with van der Waals surface area (Å²) in [4.78, 5) is 11.7. The Balaban J connectivity index is 1.03. The Morgan fingerprint density at radius 2 is 1.01 bits per heavy atom. The van der Waals surface area contributed by atoms with Gasteiger partial charge in [-0.1, -0.05) is 202 Å². The summed E-state index contributed by atoms with van der Waals surface area (Å²) in [5.41, 5.74) is 20.4. The monoisotopic (exact) mass is 934 g/mol. The molecule has 16 rings (SSSR count). The lowest BCUT2D eigenvalue weighted by Gasteiger charge is -2.24. The molecule has 72 heavy (non-hydrogen) atoms. The van der Waals surface area contributed by atoms with Crippen LogP contribution in [-0.2, 0) is 5.41 Å². The minimum atomic E-state index is -0.320. The van der Waals surface area contributed by atoms with Gasteiger partial charge in [-0.2, -0.15) is 0 Å². The van der Waals surface area contributed by atoms with Crippen LogP contribution in [0.2, 0.25) is 0 Å². The molecule has 4 aromatic heterocycles. The van der Waals surface area contributed by atoms with Gasteiger partial charge in [-0.25, -0.2) is 9.97 Å². The van der Waals surface area contributed by atoms with Crippen LogP contribution in [-0.4, -0.2) is 19.1 Å². The van der Waals surface area contributed by atoms with E-state index in [1.165, 1.54) is 91.5 Å². The number of hydrogen-bond acceptors (Lipinski definition) is 3. The molecule has 2 aliphatic carbocycles. The number of para-hydroxylation sites is 4. The predicted molar refractivity (Wildman–Crippen MR) is 302 cm³/mol. The number of aromatic nitrogens is 4. The molecule has 14 aromatic rings. The van der Waals surface area contributed by atoms with Gasteiger partial charge in [0.2, 0.25) is 5.95 Å². The molecule has 5 heteroatoms. The Morgan fingerprint density at radius 3 is 1.85 bits per heavy atom. The van der Waals surface area contributed by atoms with Gasteiger partial charge < -0.3 is 4.57 Å². The van der Waals surface area contributed by atoms with Crippen LogP contribution >= 0.6 is 11.3 Å². The summed E-state index contributed by atoms with van der Waals surface area (Å²) in [6.07, 6.45) is 0. The molecule has 0 atom stereocenters. The van der Waals surface area contributed by atoms with E-state index in [0.29, 0.717) is 5.95 Å². The van der Waals surface area contributed by atoms with Crippen LogP contribution in [0.3, 0.4) is 0 Å². The standard InChI is InChI=1S/C67H42N4S/c1-67(2)54-31-12-9-24-50(54)62-60(67)61(39-18-5-3-6-19-39)68-66(69-62)71-64-49(48-27-16-26-47-43-22-10-13-32-55(43)70(63(47)48)41-20-7-4-8-21-41)28-17-30-53(64)59-51-37-36-42(46-25-15-29-52(58(46)51)65(59)71)40-34-35-45-44-23-11-14-33-56(44)72-57(45)38-40/h3-38H,1-2H3. The van der Waals surface area contributed by atoms with Crippen LogP contribution in [0.25, 0.3) is 142 Å². The van der Waals surface area contributed by atoms with E-state index in [0.717, 1.165) is 56.1 Å².